The molecule has 0 spiro atoms. The quantitative estimate of drug-likeness (QED) is 0.683. The number of hydrogen-bond acceptors (Lipinski definition) is 3. The maximum absolute atomic E-state index is 9.84. The van der Waals surface area contributed by atoms with Gasteiger partial charge in [-0.1, -0.05) is 19.3 Å². The van der Waals surface area contributed by atoms with Gasteiger partial charge in [0.15, 0.2) is 0 Å². The van der Waals surface area contributed by atoms with E-state index in [-0.39, 0.29) is 12.2 Å². The first kappa shape index (κ1) is 12.3. The van der Waals surface area contributed by atoms with Gasteiger partial charge in [-0.2, -0.15) is 0 Å². The minimum Gasteiger partial charge on any atom is -0.393 e. The number of hydrogen-bond donors (Lipinski definition) is 3. The Hall–Kier alpha value is -0.120. The second-order valence-electron chi connectivity index (χ2n) is 5.55. The molecule has 0 aliphatic heterocycles. The highest BCUT2D eigenvalue weighted by Crippen LogP contribution is 2.24. The van der Waals surface area contributed by atoms with Gasteiger partial charge >= 0.3 is 0 Å². The first-order valence-electron chi connectivity index (χ1n) is 6.85. The Morgan fingerprint density at radius 3 is 2.50 bits per heavy atom. The van der Waals surface area contributed by atoms with E-state index < -0.39 is 0 Å². The highest BCUT2D eigenvalue weighted by atomic mass is 16.3. The third kappa shape index (κ3) is 3.44. The Balaban J connectivity index is 1.69. The SMILES string of the molecule is OC1CCCC(CNC2CCCCC2O)C1. The summed E-state index contributed by atoms with van der Waals surface area (Å²) in [6, 6.07) is 0.299. The van der Waals surface area contributed by atoms with Gasteiger partial charge in [0.2, 0.25) is 0 Å². The summed E-state index contributed by atoms with van der Waals surface area (Å²) in [6.07, 6.45) is 8.52. The monoisotopic (exact) mass is 227 g/mol. The average Bonchev–Trinajstić information content (AvgIpc) is 2.28. The van der Waals surface area contributed by atoms with Crippen LogP contribution >= 0.6 is 0 Å². The molecule has 4 atom stereocenters. The maximum atomic E-state index is 9.84. The van der Waals surface area contributed by atoms with Crippen LogP contribution in [0, 0.1) is 5.92 Å². The standard InChI is InChI=1S/C13H25NO2/c15-11-5-3-4-10(8-11)9-14-12-6-1-2-7-13(12)16/h10-16H,1-9H2. The van der Waals surface area contributed by atoms with Crippen LogP contribution in [0.25, 0.3) is 0 Å². The van der Waals surface area contributed by atoms with E-state index in [0.29, 0.717) is 12.0 Å². The van der Waals surface area contributed by atoms with Crippen molar-refractivity contribution in [2.75, 3.05) is 6.54 Å². The fourth-order valence-electron chi connectivity index (χ4n) is 3.12. The highest BCUT2D eigenvalue weighted by Gasteiger charge is 2.25. The van der Waals surface area contributed by atoms with Crippen LogP contribution < -0.4 is 5.32 Å². The van der Waals surface area contributed by atoms with Crippen molar-refractivity contribution in [3.8, 4) is 0 Å². The van der Waals surface area contributed by atoms with Gasteiger partial charge in [0.05, 0.1) is 12.2 Å². The molecule has 0 amide bonds. The van der Waals surface area contributed by atoms with Crippen molar-refractivity contribution in [1.82, 2.24) is 5.32 Å². The number of rotatable bonds is 3. The fraction of sp³-hybridized carbons (Fsp3) is 1.00. The number of nitrogens with one attached hydrogen (secondary N) is 1. The Kier molecular flexibility index (Phi) is 4.62. The summed E-state index contributed by atoms with van der Waals surface area (Å²) in [6.45, 7) is 0.971. The molecular formula is C13H25NO2. The molecule has 2 saturated carbocycles. The molecule has 2 aliphatic carbocycles. The summed E-state index contributed by atoms with van der Waals surface area (Å²) in [4.78, 5) is 0. The van der Waals surface area contributed by atoms with Crippen molar-refractivity contribution >= 4 is 0 Å². The molecule has 0 heterocycles. The molecule has 2 fully saturated rings. The van der Waals surface area contributed by atoms with Crippen LogP contribution in [-0.4, -0.2) is 35.0 Å². The van der Waals surface area contributed by atoms with E-state index in [0.717, 1.165) is 38.6 Å². The predicted octanol–water partition coefficient (Wildman–Crippen LogP) is 1.43. The van der Waals surface area contributed by atoms with Gasteiger partial charge < -0.3 is 15.5 Å². The van der Waals surface area contributed by atoms with Crippen molar-refractivity contribution in [3.63, 3.8) is 0 Å². The summed E-state index contributed by atoms with van der Waals surface area (Å²) in [5.41, 5.74) is 0. The van der Waals surface area contributed by atoms with E-state index in [1.165, 1.54) is 19.3 Å². The minimum atomic E-state index is -0.151. The second-order valence-corrected chi connectivity index (χ2v) is 5.55. The molecule has 2 aliphatic rings. The smallest absolute Gasteiger partial charge is 0.0693 e. The summed E-state index contributed by atoms with van der Waals surface area (Å²) < 4.78 is 0. The van der Waals surface area contributed by atoms with Crippen LogP contribution in [0.1, 0.15) is 51.4 Å². The van der Waals surface area contributed by atoms with Gasteiger partial charge in [-0.3, -0.25) is 0 Å². The normalized spacial score (nSPS) is 40.9. The van der Waals surface area contributed by atoms with Gasteiger partial charge in [-0.05, 0) is 44.6 Å². The van der Waals surface area contributed by atoms with Crippen LogP contribution in [0.15, 0.2) is 0 Å². The summed E-state index contributed by atoms with van der Waals surface area (Å²) in [5.74, 6) is 0.609. The van der Waals surface area contributed by atoms with Crippen LogP contribution in [0.5, 0.6) is 0 Å². The van der Waals surface area contributed by atoms with E-state index in [9.17, 15) is 10.2 Å². The molecule has 0 bridgehead atoms. The zero-order valence-electron chi connectivity index (χ0n) is 10.1. The fourth-order valence-corrected chi connectivity index (χ4v) is 3.12. The molecule has 3 heteroatoms. The molecule has 0 saturated heterocycles. The molecule has 0 aromatic heterocycles. The maximum Gasteiger partial charge on any atom is 0.0693 e. The molecular weight excluding hydrogens is 202 g/mol. The third-order valence-electron chi connectivity index (χ3n) is 4.15. The molecule has 4 unspecified atom stereocenters. The van der Waals surface area contributed by atoms with Crippen molar-refractivity contribution in [1.29, 1.82) is 0 Å². The molecule has 3 N–H and O–H groups in total. The largest absolute Gasteiger partial charge is 0.393 e. The van der Waals surface area contributed by atoms with E-state index in [1.54, 1.807) is 0 Å². The highest BCUT2D eigenvalue weighted by molar-refractivity contribution is 4.82. The zero-order chi connectivity index (χ0) is 11.4. The van der Waals surface area contributed by atoms with E-state index in [2.05, 4.69) is 5.32 Å². The molecule has 94 valence electrons. The summed E-state index contributed by atoms with van der Waals surface area (Å²) in [7, 11) is 0. The van der Waals surface area contributed by atoms with Gasteiger partial charge in [-0.25, -0.2) is 0 Å². The molecule has 16 heavy (non-hydrogen) atoms. The Morgan fingerprint density at radius 2 is 1.75 bits per heavy atom. The van der Waals surface area contributed by atoms with Crippen LogP contribution in [0.2, 0.25) is 0 Å². The molecule has 0 aromatic carbocycles. The van der Waals surface area contributed by atoms with Gasteiger partial charge in [0.1, 0.15) is 0 Å². The van der Waals surface area contributed by atoms with E-state index in [1.807, 2.05) is 0 Å². The lowest BCUT2D eigenvalue weighted by molar-refractivity contribution is 0.0757. The Labute approximate surface area is 98.2 Å². The van der Waals surface area contributed by atoms with E-state index >= 15 is 0 Å². The van der Waals surface area contributed by atoms with Crippen molar-refractivity contribution in [3.05, 3.63) is 0 Å². The molecule has 2 rings (SSSR count). The first-order chi connectivity index (χ1) is 7.75. The van der Waals surface area contributed by atoms with Crippen molar-refractivity contribution < 1.29 is 10.2 Å². The average molecular weight is 227 g/mol. The lowest BCUT2D eigenvalue weighted by Crippen LogP contribution is -2.44. The third-order valence-corrected chi connectivity index (χ3v) is 4.15. The number of aliphatic hydroxyl groups excluding tert-OH is 2. The summed E-state index contributed by atoms with van der Waals surface area (Å²) >= 11 is 0. The zero-order valence-corrected chi connectivity index (χ0v) is 10.1. The second kappa shape index (κ2) is 5.99. The first-order valence-corrected chi connectivity index (χ1v) is 6.85. The Bertz CT molecular complexity index is 210. The van der Waals surface area contributed by atoms with Crippen molar-refractivity contribution in [2.24, 2.45) is 5.92 Å². The minimum absolute atomic E-state index is 0.0863. The van der Waals surface area contributed by atoms with Crippen LogP contribution in [0.4, 0.5) is 0 Å². The van der Waals surface area contributed by atoms with E-state index in [4.69, 9.17) is 0 Å². The summed E-state index contributed by atoms with van der Waals surface area (Å²) in [5, 5.41) is 22.9. The molecule has 3 nitrogen and oxygen atoms in total. The lowest BCUT2D eigenvalue weighted by atomic mass is 9.86. The van der Waals surface area contributed by atoms with Crippen LogP contribution in [-0.2, 0) is 0 Å². The lowest BCUT2D eigenvalue weighted by Gasteiger charge is -2.32. The molecule has 0 radical (unpaired) electrons. The topological polar surface area (TPSA) is 52.5 Å². The molecule has 0 aromatic rings. The van der Waals surface area contributed by atoms with Gasteiger partial charge in [0.25, 0.3) is 0 Å². The Morgan fingerprint density at radius 1 is 0.938 bits per heavy atom. The van der Waals surface area contributed by atoms with Gasteiger partial charge in [-0.15, -0.1) is 0 Å². The van der Waals surface area contributed by atoms with Crippen molar-refractivity contribution in [2.45, 2.75) is 69.6 Å². The number of aliphatic hydroxyl groups is 2. The predicted molar refractivity (Wildman–Crippen MR) is 64.2 cm³/mol. The van der Waals surface area contributed by atoms with Gasteiger partial charge in [0, 0.05) is 6.04 Å². The van der Waals surface area contributed by atoms with Crippen LogP contribution in [0.3, 0.4) is 0 Å².